The third-order valence-electron chi connectivity index (χ3n) is 10.7. The van der Waals surface area contributed by atoms with Gasteiger partial charge in [0.25, 0.3) is 0 Å². The Morgan fingerprint density at radius 1 is 1.02 bits per heavy atom. The number of fused-ring (bicyclic) bond motifs is 1. The van der Waals surface area contributed by atoms with Crippen LogP contribution in [0.5, 0.6) is 5.75 Å². The lowest BCUT2D eigenvalue weighted by Gasteiger charge is -2.40. The molecule has 4 aliphatic rings. The van der Waals surface area contributed by atoms with Gasteiger partial charge in [-0.2, -0.15) is 0 Å². The second kappa shape index (κ2) is 14.7. The summed E-state index contributed by atoms with van der Waals surface area (Å²) in [4.78, 5) is 49.6. The summed E-state index contributed by atoms with van der Waals surface area (Å²) in [5.41, 5.74) is -1.25. The van der Waals surface area contributed by atoms with E-state index in [4.69, 9.17) is 9.47 Å². The molecule has 1 aromatic carbocycles. The zero-order chi connectivity index (χ0) is 32.9. The van der Waals surface area contributed by atoms with Crippen molar-refractivity contribution in [3.8, 4) is 5.75 Å². The lowest BCUT2D eigenvalue weighted by molar-refractivity contribution is -0.153. The number of anilines is 1. The molecule has 3 amide bonds. The number of benzene rings is 1. The van der Waals surface area contributed by atoms with Gasteiger partial charge in [-0.3, -0.25) is 14.4 Å². The monoisotopic (exact) mass is 635 g/mol. The molecule has 9 nitrogen and oxygen atoms in total. The zero-order valence-electron chi connectivity index (χ0n) is 27.8. The number of carbonyl (C=O) groups is 3. The highest BCUT2D eigenvalue weighted by molar-refractivity contribution is 6.03. The third kappa shape index (κ3) is 6.25. The van der Waals surface area contributed by atoms with Gasteiger partial charge >= 0.3 is 0 Å². The quantitative estimate of drug-likeness (QED) is 0.196. The first-order valence-electron chi connectivity index (χ1n) is 17.4. The average Bonchev–Trinajstić information content (AvgIpc) is 3.63. The molecular weight excluding hydrogens is 582 g/mol. The number of aliphatic hydroxyl groups excluding tert-OH is 1. The summed E-state index contributed by atoms with van der Waals surface area (Å²) in [6.45, 7) is 13.5. The molecule has 5 rings (SSSR count). The molecule has 1 aromatic rings. The summed E-state index contributed by atoms with van der Waals surface area (Å²) < 4.78 is 12.6. The molecule has 252 valence electrons. The van der Waals surface area contributed by atoms with Crippen LogP contribution in [-0.2, 0) is 19.1 Å². The Bertz CT molecular complexity index is 1260. The van der Waals surface area contributed by atoms with E-state index < -0.39 is 29.1 Å². The Morgan fingerprint density at radius 3 is 2.37 bits per heavy atom. The lowest BCUT2D eigenvalue weighted by atomic mass is 9.66. The summed E-state index contributed by atoms with van der Waals surface area (Å²) in [7, 11) is 0. The standard InChI is InChI=1S/C37H53N3O6/c1-5-23-38(28-17-19-29(20-18-28)45-7-3)33(42)30-31-34(43)40(25-13-8-9-14-26-41)32(37(31)22-21-36(30,4)46-37)35(44)39(24-6-2)27-15-11-10-12-16-27/h5-6,17-20,27,30-32,41H,1-2,7-16,21-26H2,3-4H3/t30-,31-,32?,36+,37?/m0/s1. The molecule has 0 aromatic heterocycles. The van der Waals surface area contributed by atoms with Crippen LogP contribution in [-0.4, -0.2) is 88.8 Å². The maximum atomic E-state index is 14.8. The van der Waals surface area contributed by atoms with Gasteiger partial charge in [-0.25, -0.2) is 0 Å². The summed E-state index contributed by atoms with van der Waals surface area (Å²) >= 11 is 0. The van der Waals surface area contributed by atoms with E-state index in [2.05, 4.69) is 13.2 Å². The van der Waals surface area contributed by atoms with Gasteiger partial charge in [0.15, 0.2) is 0 Å². The predicted molar refractivity (Wildman–Crippen MR) is 178 cm³/mol. The first-order valence-corrected chi connectivity index (χ1v) is 17.4. The molecule has 1 saturated carbocycles. The molecule has 3 heterocycles. The number of unbranched alkanes of at least 4 members (excludes halogenated alkanes) is 3. The largest absolute Gasteiger partial charge is 0.494 e. The molecule has 4 fully saturated rings. The fourth-order valence-electron chi connectivity index (χ4n) is 8.69. The molecule has 1 aliphatic carbocycles. The number of likely N-dealkylation sites (tertiary alicyclic amines) is 1. The van der Waals surface area contributed by atoms with Gasteiger partial charge < -0.3 is 29.3 Å². The second-order valence-corrected chi connectivity index (χ2v) is 13.6. The van der Waals surface area contributed by atoms with Crippen LogP contribution in [0.1, 0.15) is 84.5 Å². The SMILES string of the molecule is C=CCN(C(=O)[C@@H]1[C@H]2C(=O)N(CCCCCCO)C(C(=O)N(CC=C)C3CCCCC3)C23CC[C@@]1(C)O3)c1ccc(OCC)cc1. The van der Waals surface area contributed by atoms with Gasteiger partial charge in [-0.15, -0.1) is 13.2 Å². The maximum Gasteiger partial charge on any atom is 0.248 e. The van der Waals surface area contributed by atoms with Gasteiger partial charge in [0.1, 0.15) is 17.4 Å². The summed E-state index contributed by atoms with van der Waals surface area (Å²) in [5, 5.41) is 9.27. The first-order chi connectivity index (χ1) is 22.3. The van der Waals surface area contributed by atoms with Crippen LogP contribution in [0.25, 0.3) is 0 Å². The van der Waals surface area contributed by atoms with E-state index in [1.54, 1.807) is 22.0 Å². The summed E-state index contributed by atoms with van der Waals surface area (Å²) in [6, 6.07) is 6.72. The molecule has 5 atom stereocenters. The average molecular weight is 636 g/mol. The Kier molecular flexibility index (Phi) is 10.9. The van der Waals surface area contributed by atoms with Crippen molar-refractivity contribution < 1.29 is 29.0 Å². The highest BCUT2D eigenvalue weighted by Gasteiger charge is 2.78. The van der Waals surface area contributed by atoms with E-state index in [0.29, 0.717) is 51.1 Å². The minimum Gasteiger partial charge on any atom is -0.494 e. The van der Waals surface area contributed by atoms with Crippen molar-refractivity contribution in [1.29, 1.82) is 0 Å². The van der Waals surface area contributed by atoms with Gasteiger partial charge in [0.2, 0.25) is 17.7 Å². The van der Waals surface area contributed by atoms with Gasteiger partial charge in [-0.1, -0.05) is 44.3 Å². The van der Waals surface area contributed by atoms with Crippen LogP contribution >= 0.6 is 0 Å². The molecule has 46 heavy (non-hydrogen) atoms. The number of nitrogens with zero attached hydrogens (tertiary/aromatic N) is 3. The Balaban J connectivity index is 1.51. The smallest absolute Gasteiger partial charge is 0.248 e. The maximum absolute atomic E-state index is 14.8. The van der Waals surface area contributed by atoms with E-state index in [0.717, 1.165) is 44.3 Å². The fourth-order valence-corrected chi connectivity index (χ4v) is 8.69. The molecular formula is C37H53N3O6. The minimum absolute atomic E-state index is 0.0789. The highest BCUT2D eigenvalue weighted by atomic mass is 16.5. The minimum atomic E-state index is -1.07. The van der Waals surface area contributed by atoms with E-state index in [1.807, 2.05) is 43.0 Å². The van der Waals surface area contributed by atoms with Crippen LogP contribution in [0.15, 0.2) is 49.6 Å². The van der Waals surface area contributed by atoms with E-state index in [-0.39, 0.29) is 36.9 Å². The van der Waals surface area contributed by atoms with Crippen molar-refractivity contribution in [2.45, 2.75) is 108 Å². The number of hydrogen-bond acceptors (Lipinski definition) is 6. The van der Waals surface area contributed by atoms with Crippen LogP contribution in [0.3, 0.4) is 0 Å². The Hall–Kier alpha value is -3.17. The molecule has 3 aliphatic heterocycles. The number of ether oxygens (including phenoxy) is 2. The second-order valence-electron chi connectivity index (χ2n) is 13.6. The third-order valence-corrected chi connectivity index (χ3v) is 10.7. The predicted octanol–water partition coefficient (Wildman–Crippen LogP) is 5.27. The van der Waals surface area contributed by atoms with Crippen LogP contribution < -0.4 is 9.64 Å². The Morgan fingerprint density at radius 2 is 1.72 bits per heavy atom. The van der Waals surface area contributed by atoms with Gasteiger partial charge in [0.05, 0.1) is 24.0 Å². The first kappa shape index (κ1) is 34.2. The van der Waals surface area contributed by atoms with Crippen molar-refractivity contribution in [3.63, 3.8) is 0 Å². The molecule has 2 unspecified atom stereocenters. The van der Waals surface area contributed by atoms with E-state index in [9.17, 15) is 19.5 Å². The van der Waals surface area contributed by atoms with Crippen LogP contribution in [0, 0.1) is 11.8 Å². The van der Waals surface area contributed by atoms with Crippen LogP contribution in [0.4, 0.5) is 5.69 Å². The zero-order valence-corrected chi connectivity index (χ0v) is 27.8. The van der Waals surface area contributed by atoms with E-state index in [1.165, 1.54) is 6.42 Å². The molecule has 1 spiro atoms. The molecule has 0 radical (unpaired) electrons. The molecule has 1 N–H and O–H groups in total. The number of rotatable bonds is 16. The number of amides is 3. The van der Waals surface area contributed by atoms with Crippen molar-refractivity contribution in [3.05, 3.63) is 49.6 Å². The van der Waals surface area contributed by atoms with Crippen molar-refractivity contribution in [1.82, 2.24) is 9.80 Å². The van der Waals surface area contributed by atoms with Crippen molar-refractivity contribution in [2.75, 3.05) is 37.7 Å². The molecule has 9 heteroatoms. The normalized spacial score (nSPS) is 28.6. The lowest BCUT2D eigenvalue weighted by Crippen LogP contribution is -2.58. The summed E-state index contributed by atoms with van der Waals surface area (Å²) in [5.74, 6) is -1.19. The molecule has 3 saturated heterocycles. The fraction of sp³-hybridized carbons (Fsp3) is 0.649. The number of hydrogen-bond donors (Lipinski definition) is 1. The van der Waals surface area contributed by atoms with Crippen molar-refractivity contribution in [2.24, 2.45) is 11.8 Å². The highest BCUT2D eigenvalue weighted by Crippen LogP contribution is 2.63. The van der Waals surface area contributed by atoms with E-state index >= 15 is 0 Å². The number of carbonyl (C=O) groups excluding carboxylic acids is 3. The van der Waals surface area contributed by atoms with Crippen LogP contribution in [0.2, 0.25) is 0 Å². The Labute approximate surface area is 274 Å². The van der Waals surface area contributed by atoms with Gasteiger partial charge in [0, 0.05) is 38.0 Å². The summed E-state index contributed by atoms with van der Waals surface area (Å²) in [6.07, 6.45) is 12.9. The van der Waals surface area contributed by atoms with Gasteiger partial charge in [-0.05, 0) is 76.6 Å². The topological polar surface area (TPSA) is 99.6 Å². The number of aliphatic hydroxyl groups is 1. The van der Waals surface area contributed by atoms with Crippen molar-refractivity contribution >= 4 is 23.4 Å². The molecule has 2 bridgehead atoms.